The van der Waals surface area contributed by atoms with Crippen molar-refractivity contribution in [2.24, 2.45) is 4.99 Å². The van der Waals surface area contributed by atoms with E-state index in [-0.39, 0.29) is 5.41 Å². The number of guanidine groups is 1. The zero-order valence-electron chi connectivity index (χ0n) is 18.6. The average Bonchev–Trinajstić information content (AvgIpc) is 3.63. The van der Waals surface area contributed by atoms with Gasteiger partial charge in [-0.3, -0.25) is 9.89 Å². The van der Waals surface area contributed by atoms with E-state index < -0.39 is 0 Å². The van der Waals surface area contributed by atoms with E-state index in [9.17, 15) is 0 Å². The van der Waals surface area contributed by atoms with Crippen LogP contribution < -0.4 is 15.5 Å². The number of nitrogens with one attached hydrogen (secondary N) is 2. The molecule has 0 radical (unpaired) electrons. The van der Waals surface area contributed by atoms with Crippen LogP contribution in [0.5, 0.6) is 0 Å². The highest BCUT2D eigenvalue weighted by Gasteiger charge is 2.43. The molecule has 1 aliphatic heterocycles. The van der Waals surface area contributed by atoms with Crippen LogP contribution in [0.3, 0.4) is 0 Å². The van der Waals surface area contributed by atoms with Gasteiger partial charge in [-0.2, -0.15) is 0 Å². The summed E-state index contributed by atoms with van der Waals surface area (Å²) in [5.41, 5.74) is 1.68. The van der Waals surface area contributed by atoms with Crippen LogP contribution in [-0.4, -0.2) is 73.2 Å². The molecule has 2 N–H and O–H groups in total. The van der Waals surface area contributed by atoms with Gasteiger partial charge in [0.25, 0.3) is 0 Å². The van der Waals surface area contributed by atoms with Crippen molar-refractivity contribution in [3.05, 3.63) is 54.4 Å². The minimum absolute atomic E-state index is 0.256. The summed E-state index contributed by atoms with van der Waals surface area (Å²) >= 11 is 0. The number of rotatable bonds is 9. The molecule has 1 saturated carbocycles. The SMILES string of the molecule is CCNC(=NCC1(c2ccccc2)CC1)NCCCN1CCN(c2ncccn2)CC1. The average molecular weight is 422 g/mol. The lowest BCUT2D eigenvalue weighted by Crippen LogP contribution is -2.47. The van der Waals surface area contributed by atoms with Gasteiger partial charge >= 0.3 is 0 Å². The maximum atomic E-state index is 4.91. The molecule has 7 nitrogen and oxygen atoms in total. The lowest BCUT2D eigenvalue weighted by Gasteiger charge is -2.34. The topological polar surface area (TPSA) is 68.7 Å². The molecule has 1 saturated heterocycles. The molecule has 2 heterocycles. The molecular formula is C24H35N7. The molecule has 2 aromatic rings. The Morgan fingerprint density at radius 2 is 1.74 bits per heavy atom. The summed E-state index contributed by atoms with van der Waals surface area (Å²) < 4.78 is 0. The smallest absolute Gasteiger partial charge is 0.225 e. The van der Waals surface area contributed by atoms with E-state index in [2.05, 4.69) is 67.7 Å². The van der Waals surface area contributed by atoms with Gasteiger partial charge in [0.05, 0.1) is 6.54 Å². The fourth-order valence-corrected chi connectivity index (χ4v) is 4.19. The first kappa shape index (κ1) is 21.6. The Morgan fingerprint density at radius 3 is 2.42 bits per heavy atom. The number of hydrogen-bond acceptors (Lipinski definition) is 5. The van der Waals surface area contributed by atoms with Crippen molar-refractivity contribution in [2.45, 2.75) is 31.6 Å². The molecule has 166 valence electrons. The lowest BCUT2D eigenvalue weighted by atomic mass is 9.96. The number of benzene rings is 1. The first-order valence-electron chi connectivity index (χ1n) is 11.6. The molecule has 0 unspecified atom stereocenters. The van der Waals surface area contributed by atoms with Crippen LogP contribution in [0, 0.1) is 0 Å². The monoisotopic (exact) mass is 421 g/mol. The fourth-order valence-electron chi connectivity index (χ4n) is 4.19. The molecule has 0 bridgehead atoms. The van der Waals surface area contributed by atoms with E-state index in [4.69, 9.17) is 4.99 Å². The largest absolute Gasteiger partial charge is 0.357 e. The maximum absolute atomic E-state index is 4.91. The van der Waals surface area contributed by atoms with Crippen molar-refractivity contribution in [3.63, 3.8) is 0 Å². The van der Waals surface area contributed by atoms with Gasteiger partial charge in [-0.05, 0) is 44.4 Å². The molecular weight excluding hydrogens is 386 g/mol. The van der Waals surface area contributed by atoms with Crippen molar-refractivity contribution in [2.75, 3.05) is 57.3 Å². The van der Waals surface area contributed by atoms with Gasteiger partial charge in [-0.1, -0.05) is 30.3 Å². The summed E-state index contributed by atoms with van der Waals surface area (Å²) in [7, 11) is 0. The second-order valence-electron chi connectivity index (χ2n) is 8.50. The van der Waals surface area contributed by atoms with Crippen LogP contribution in [0.25, 0.3) is 0 Å². The molecule has 0 atom stereocenters. The summed E-state index contributed by atoms with van der Waals surface area (Å²) in [6.45, 7) is 10.0. The predicted octanol–water partition coefficient (Wildman–Crippen LogP) is 2.28. The minimum atomic E-state index is 0.256. The third-order valence-corrected chi connectivity index (χ3v) is 6.27. The third kappa shape index (κ3) is 5.94. The molecule has 2 aliphatic rings. The zero-order valence-corrected chi connectivity index (χ0v) is 18.6. The van der Waals surface area contributed by atoms with Crippen LogP contribution in [-0.2, 0) is 5.41 Å². The van der Waals surface area contributed by atoms with Crippen molar-refractivity contribution in [1.29, 1.82) is 0 Å². The highest BCUT2D eigenvalue weighted by molar-refractivity contribution is 5.79. The number of hydrogen-bond donors (Lipinski definition) is 2. The van der Waals surface area contributed by atoms with Gasteiger partial charge in [0, 0.05) is 57.1 Å². The Bertz CT molecular complexity index is 812. The van der Waals surface area contributed by atoms with Crippen LogP contribution >= 0.6 is 0 Å². The lowest BCUT2D eigenvalue weighted by molar-refractivity contribution is 0.254. The summed E-state index contributed by atoms with van der Waals surface area (Å²) in [4.78, 5) is 18.4. The Kier molecular flexibility index (Phi) is 7.35. The van der Waals surface area contributed by atoms with Crippen LogP contribution in [0.1, 0.15) is 31.7 Å². The fraction of sp³-hybridized carbons (Fsp3) is 0.542. The van der Waals surface area contributed by atoms with E-state index in [0.29, 0.717) is 0 Å². The van der Waals surface area contributed by atoms with Gasteiger partial charge in [-0.15, -0.1) is 0 Å². The van der Waals surface area contributed by atoms with E-state index in [1.165, 1.54) is 18.4 Å². The Hall–Kier alpha value is -2.67. The van der Waals surface area contributed by atoms with Gasteiger partial charge in [-0.25, -0.2) is 9.97 Å². The van der Waals surface area contributed by atoms with E-state index in [1.54, 1.807) is 0 Å². The maximum Gasteiger partial charge on any atom is 0.225 e. The van der Waals surface area contributed by atoms with Crippen molar-refractivity contribution >= 4 is 11.9 Å². The quantitative estimate of drug-likeness (QED) is 0.368. The third-order valence-electron chi connectivity index (χ3n) is 6.27. The van der Waals surface area contributed by atoms with Crippen molar-refractivity contribution in [1.82, 2.24) is 25.5 Å². The van der Waals surface area contributed by atoms with Crippen molar-refractivity contribution < 1.29 is 0 Å². The number of piperazine rings is 1. The summed E-state index contributed by atoms with van der Waals surface area (Å²) in [5.74, 6) is 1.79. The number of nitrogens with zero attached hydrogens (tertiary/aromatic N) is 5. The van der Waals surface area contributed by atoms with Gasteiger partial charge in [0.1, 0.15) is 0 Å². The highest BCUT2D eigenvalue weighted by atomic mass is 15.3. The van der Waals surface area contributed by atoms with Gasteiger partial charge in [0.2, 0.25) is 5.95 Å². The van der Waals surface area contributed by atoms with Crippen LogP contribution in [0.15, 0.2) is 53.8 Å². The van der Waals surface area contributed by atoms with Crippen LogP contribution in [0.4, 0.5) is 5.95 Å². The molecule has 2 fully saturated rings. The predicted molar refractivity (Wildman–Crippen MR) is 127 cm³/mol. The van der Waals surface area contributed by atoms with Crippen LogP contribution in [0.2, 0.25) is 0 Å². The normalized spacial score (nSPS) is 18.6. The first-order valence-corrected chi connectivity index (χ1v) is 11.6. The summed E-state index contributed by atoms with van der Waals surface area (Å²) in [5, 5.41) is 6.93. The highest BCUT2D eigenvalue weighted by Crippen LogP contribution is 2.48. The minimum Gasteiger partial charge on any atom is -0.357 e. The summed E-state index contributed by atoms with van der Waals surface area (Å²) in [6.07, 6.45) is 7.21. The second-order valence-corrected chi connectivity index (χ2v) is 8.50. The summed E-state index contributed by atoms with van der Waals surface area (Å²) in [6, 6.07) is 12.7. The standard InChI is InChI=1S/C24H35N7/c1-2-25-22(29-20-24(10-11-24)21-8-4-3-5-9-21)26-14-7-15-30-16-18-31(19-17-30)23-27-12-6-13-28-23/h3-6,8-9,12-13H,2,7,10-11,14-20H2,1H3,(H2,25,26,29). The molecule has 0 amide bonds. The second kappa shape index (κ2) is 10.6. The molecule has 1 aromatic heterocycles. The molecule has 1 aliphatic carbocycles. The van der Waals surface area contributed by atoms with Crippen molar-refractivity contribution in [3.8, 4) is 0 Å². The molecule has 0 spiro atoms. The number of aromatic nitrogens is 2. The zero-order chi connectivity index (χ0) is 21.4. The van der Waals surface area contributed by atoms with E-state index >= 15 is 0 Å². The number of aliphatic imine (C=N–C) groups is 1. The van der Waals surface area contributed by atoms with E-state index in [0.717, 1.165) is 70.7 Å². The molecule has 1 aromatic carbocycles. The Balaban J connectivity index is 1.18. The molecule has 31 heavy (non-hydrogen) atoms. The Labute approximate surface area is 186 Å². The molecule has 4 rings (SSSR count). The van der Waals surface area contributed by atoms with E-state index in [1.807, 2.05) is 18.5 Å². The number of anilines is 1. The first-order chi connectivity index (χ1) is 15.3. The van der Waals surface area contributed by atoms with Gasteiger partial charge in [0.15, 0.2) is 5.96 Å². The van der Waals surface area contributed by atoms with Gasteiger partial charge < -0.3 is 15.5 Å². The molecule has 7 heteroatoms. The Morgan fingerprint density at radius 1 is 1.00 bits per heavy atom.